The molecule has 1 aliphatic heterocycles. The van der Waals surface area contributed by atoms with E-state index in [-0.39, 0.29) is 17.3 Å². The van der Waals surface area contributed by atoms with Gasteiger partial charge in [-0.25, -0.2) is 9.18 Å². The fourth-order valence-corrected chi connectivity index (χ4v) is 4.23. The number of fused-ring (bicyclic) bond motifs is 1. The van der Waals surface area contributed by atoms with Crippen molar-refractivity contribution in [2.45, 2.75) is 22.1 Å². The summed E-state index contributed by atoms with van der Waals surface area (Å²) in [6.07, 6.45) is 3.83. The van der Waals surface area contributed by atoms with Gasteiger partial charge in [-0.2, -0.15) is 0 Å². The number of nitrogens with zero attached hydrogens (tertiary/aromatic N) is 1. The highest BCUT2D eigenvalue weighted by molar-refractivity contribution is 7.99. The molecule has 1 unspecified atom stereocenters. The van der Waals surface area contributed by atoms with Crippen LogP contribution in [-0.2, 0) is 0 Å². The van der Waals surface area contributed by atoms with Crippen LogP contribution < -0.4 is 10.1 Å². The molecule has 7 heteroatoms. The van der Waals surface area contributed by atoms with Crippen molar-refractivity contribution in [3.05, 3.63) is 77.9 Å². The van der Waals surface area contributed by atoms with Crippen LogP contribution in [-0.4, -0.2) is 29.2 Å². The molecule has 1 atom stereocenters. The summed E-state index contributed by atoms with van der Waals surface area (Å²) in [6, 6.07) is 14.0. The molecule has 4 rings (SSSR count). The Morgan fingerprint density at radius 2 is 2.10 bits per heavy atom. The number of halogens is 1. The minimum Gasteiger partial charge on any atom is -0.493 e. The minimum atomic E-state index is -0.985. The van der Waals surface area contributed by atoms with Crippen LogP contribution in [0.5, 0.6) is 5.75 Å². The summed E-state index contributed by atoms with van der Waals surface area (Å²) in [5, 5.41) is 12.5. The van der Waals surface area contributed by atoms with E-state index in [1.54, 1.807) is 6.07 Å². The highest BCUT2D eigenvalue weighted by atomic mass is 32.2. The first kappa shape index (κ1) is 19.3. The van der Waals surface area contributed by atoms with Gasteiger partial charge >= 0.3 is 5.97 Å². The van der Waals surface area contributed by atoms with E-state index in [4.69, 9.17) is 4.74 Å². The van der Waals surface area contributed by atoms with Crippen LogP contribution in [0.4, 0.5) is 10.1 Å². The lowest BCUT2D eigenvalue weighted by atomic mass is 9.93. The third-order valence-electron chi connectivity index (χ3n) is 4.77. The van der Waals surface area contributed by atoms with E-state index in [0.29, 0.717) is 18.8 Å². The quantitative estimate of drug-likeness (QED) is 0.593. The van der Waals surface area contributed by atoms with Gasteiger partial charge < -0.3 is 15.2 Å². The standard InChI is InChI=1S/C22H19FN2O3S/c23-15-2-1-3-16(10-15)29-17-4-5-18-14(7-9-28-21(18)11-17)12-25-20-13-24-8-6-19(20)22(26)27/h1-6,8,10-11,13-14,25H,7,9,12H2,(H,26,27). The maximum Gasteiger partial charge on any atom is 0.337 e. The van der Waals surface area contributed by atoms with E-state index in [1.807, 2.05) is 24.3 Å². The van der Waals surface area contributed by atoms with Crippen molar-refractivity contribution in [3.8, 4) is 5.75 Å². The summed E-state index contributed by atoms with van der Waals surface area (Å²) in [5.41, 5.74) is 1.79. The van der Waals surface area contributed by atoms with Crippen LogP contribution in [0.15, 0.2) is 70.7 Å². The number of hydrogen-bond acceptors (Lipinski definition) is 5. The summed E-state index contributed by atoms with van der Waals surface area (Å²) in [5.74, 6) is -0.240. The number of hydrogen-bond donors (Lipinski definition) is 2. The van der Waals surface area contributed by atoms with Gasteiger partial charge in [-0.05, 0) is 48.4 Å². The molecule has 0 aliphatic carbocycles. The van der Waals surface area contributed by atoms with Crippen molar-refractivity contribution in [3.63, 3.8) is 0 Å². The first-order valence-corrected chi connectivity index (χ1v) is 10.0. The number of aromatic carboxylic acids is 1. The summed E-state index contributed by atoms with van der Waals surface area (Å²) in [7, 11) is 0. The number of pyridine rings is 1. The van der Waals surface area contributed by atoms with Crippen molar-refractivity contribution in [2.24, 2.45) is 0 Å². The number of carbonyl (C=O) groups is 1. The van der Waals surface area contributed by atoms with Crippen molar-refractivity contribution in [2.75, 3.05) is 18.5 Å². The molecule has 0 fully saturated rings. The molecular weight excluding hydrogens is 391 g/mol. The third-order valence-corrected chi connectivity index (χ3v) is 5.75. The first-order chi connectivity index (χ1) is 14.1. The van der Waals surface area contributed by atoms with E-state index in [9.17, 15) is 14.3 Å². The molecule has 0 radical (unpaired) electrons. The lowest BCUT2D eigenvalue weighted by molar-refractivity contribution is 0.0697. The van der Waals surface area contributed by atoms with Gasteiger partial charge in [-0.1, -0.05) is 23.9 Å². The zero-order valence-electron chi connectivity index (χ0n) is 15.5. The summed E-state index contributed by atoms with van der Waals surface area (Å²) in [4.78, 5) is 17.2. The zero-order valence-corrected chi connectivity index (χ0v) is 16.3. The van der Waals surface area contributed by atoms with Gasteiger partial charge in [0, 0.05) is 28.5 Å². The Balaban J connectivity index is 1.49. The summed E-state index contributed by atoms with van der Waals surface area (Å²) < 4.78 is 19.3. The van der Waals surface area contributed by atoms with Crippen LogP contribution in [0.25, 0.3) is 0 Å². The number of ether oxygens (including phenoxy) is 1. The topological polar surface area (TPSA) is 71.5 Å². The molecule has 0 saturated heterocycles. The fraction of sp³-hybridized carbons (Fsp3) is 0.182. The third kappa shape index (κ3) is 4.51. The van der Waals surface area contributed by atoms with Crippen molar-refractivity contribution < 1.29 is 19.0 Å². The Bertz CT molecular complexity index is 1040. The van der Waals surface area contributed by atoms with Crippen LogP contribution in [0.1, 0.15) is 28.3 Å². The molecule has 0 spiro atoms. The molecule has 1 aliphatic rings. The lowest BCUT2D eigenvalue weighted by Gasteiger charge is -2.27. The Kier molecular flexibility index (Phi) is 5.67. The molecule has 0 amide bonds. The predicted molar refractivity (Wildman–Crippen MR) is 110 cm³/mol. The molecule has 0 saturated carbocycles. The maximum atomic E-state index is 13.4. The molecule has 3 aromatic rings. The highest BCUT2D eigenvalue weighted by Crippen LogP contribution is 2.38. The second kappa shape index (κ2) is 8.53. The SMILES string of the molecule is O=C(O)c1ccncc1NCC1CCOc2cc(Sc3cccc(F)c3)ccc21. The van der Waals surface area contributed by atoms with Crippen LogP contribution in [0.3, 0.4) is 0 Å². The van der Waals surface area contributed by atoms with Gasteiger partial charge in [-0.15, -0.1) is 0 Å². The molecule has 29 heavy (non-hydrogen) atoms. The molecule has 1 aromatic heterocycles. The van der Waals surface area contributed by atoms with Gasteiger partial charge in [0.2, 0.25) is 0 Å². The Labute approximate surface area is 171 Å². The van der Waals surface area contributed by atoms with Crippen molar-refractivity contribution >= 4 is 23.4 Å². The van der Waals surface area contributed by atoms with Crippen molar-refractivity contribution in [1.82, 2.24) is 4.98 Å². The molecular formula is C22H19FN2O3S. The van der Waals surface area contributed by atoms with E-state index in [2.05, 4.69) is 10.3 Å². The van der Waals surface area contributed by atoms with Gasteiger partial charge in [0.15, 0.2) is 0 Å². The normalized spacial score (nSPS) is 15.3. The van der Waals surface area contributed by atoms with E-state index < -0.39 is 5.97 Å². The maximum absolute atomic E-state index is 13.4. The first-order valence-electron chi connectivity index (χ1n) is 9.21. The van der Waals surface area contributed by atoms with Gasteiger partial charge in [-0.3, -0.25) is 4.98 Å². The molecule has 0 bridgehead atoms. The number of benzene rings is 2. The number of rotatable bonds is 6. The van der Waals surface area contributed by atoms with Crippen LogP contribution in [0.2, 0.25) is 0 Å². The van der Waals surface area contributed by atoms with E-state index in [1.165, 1.54) is 42.4 Å². The van der Waals surface area contributed by atoms with Gasteiger partial charge in [0.05, 0.1) is 24.1 Å². The largest absolute Gasteiger partial charge is 0.493 e. The van der Waals surface area contributed by atoms with Crippen molar-refractivity contribution in [1.29, 1.82) is 0 Å². The van der Waals surface area contributed by atoms with E-state index >= 15 is 0 Å². The average Bonchev–Trinajstić information content (AvgIpc) is 2.72. The molecule has 5 nitrogen and oxygen atoms in total. The number of aromatic nitrogens is 1. The number of nitrogens with one attached hydrogen (secondary N) is 1. The van der Waals surface area contributed by atoms with E-state index in [0.717, 1.165) is 27.5 Å². The van der Waals surface area contributed by atoms with Crippen LogP contribution in [0, 0.1) is 5.82 Å². The Morgan fingerprint density at radius 3 is 2.93 bits per heavy atom. The molecule has 2 N–H and O–H groups in total. The highest BCUT2D eigenvalue weighted by Gasteiger charge is 2.22. The molecule has 2 heterocycles. The number of carboxylic acids is 1. The molecule has 148 valence electrons. The number of carboxylic acid groups (broad SMARTS) is 1. The van der Waals surface area contributed by atoms with Gasteiger partial charge in [0.25, 0.3) is 0 Å². The fourth-order valence-electron chi connectivity index (χ4n) is 3.34. The second-order valence-corrected chi connectivity index (χ2v) is 7.85. The smallest absolute Gasteiger partial charge is 0.337 e. The Morgan fingerprint density at radius 1 is 1.24 bits per heavy atom. The average molecular weight is 410 g/mol. The number of anilines is 1. The zero-order chi connectivity index (χ0) is 20.2. The summed E-state index contributed by atoms with van der Waals surface area (Å²) >= 11 is 1.48. The monoisotopic (exact) mass is 410 g/mol. The lowest BCUT2D eigenvalue weighted by Crippen LogP contribution is -2.21. The Hall–Kier alpha value is -3.06. The molecule has 2 aromatic carbocycles. The van der Waals surface area contributed by atoms with Gasteiger partial charge in [0.1, 0.15) is 11.6 Å². The predicted octanol–water partition coefficient (Wildman–Crippen LogP) is 5.05. The summed E-state index contributed by atoms with van der Waals surface area (Å²) in [6.45, 7) is 1.17. The second-order valence-electron chi connectivity index (χ2n) is 6.70. The minimum absolute atomic E-state index is 0.189. The van der Waals surface area contributed by atoms with Crippen LogP contribution >= 0.6 is 11.8 Å².